The third-order valence-corrected chi connectivity index (χ3v) is 3.80. The summed E-state index contributed by atoms with van der Waals surface area (Å²) in [5, 5.41) is 0. The van der Waals surface area contributed by atoms with Crippen molar-refractivity contribution in [3.05, 3.63) is 17.8 Å². The highest BCUT2D eigenvalue weighted by molar-refractivity contribution is 7.46. The van der Waals surface area contributed by atoms with Gasteiger partial charge in [0, 0.05) is 11.1 Å². The minimum Gasteiger partial charge on any atom is -0.474 e. The molecule has 1 aromatic heterocycles. The van der Waals surface area contributed by atoms with E-state index >= 15 is 0 Å². The van der Waals surface area contributed by atoms with Crippen molar-refractivity contribution >= 4 is 19.5 Å². The Hall–Kier alpha value is -1.47. The zero-order valence-electron chi connectivity index (χ0n) is 13.7. The van der Waals surface area contributed by atoms with E-state index in [0.717, 1.165) is 4.90 Å². The molecule has 1 aliphatic rings. The Morgan fingerprint density at radius 2 is 1.96 bits per heavy atom. The van der Waals surface area contributed by atoms with Gasteiger partial charge in [-0.1, -0.05) is 20.8 Å². The molecule has 0 aliphatic carbocycles. The molecule has 23 heavy (non-hydrogen) atoms. The number of phosphoric acid groups is 1. The quantitative estimate of drug-likeness (QED) is 0.807. The van der Waals surface area contributed by atoms with Crippen LogP contribution in [0.15, 0.2) is 12.1 Å². The molecule has 9 heteroatoms. The topological polar surface area (TPSA) is 109 Å². The average Bonchev–Trinajstić information content (AvgIpc) is 2.36. The summed E-state index contributed by atoms with van der Waals surface area (Å²) in [6.07, 6.45) is 0. The lowest BCUT2D eigenvalue weighted by molar-refractivity contribution is -0.133. The number of hydrogen-bond donors (Lipinski definition) is 2. The van der Waals surface area contributed by atoms with Crippen LogP contribution in [0.4, 0.5) is 5.82 Å². The molecule has 0 unspecified atom stereocenters. The molecule has 0 spiro atoms. The summed E-state index contributed by atoms with van der Waals surface area (Å²) in [5.41, 5.74) is -0.731. The number of ether oxygens (including phenoxy) is 1. The average molecular weight is 344 g/mol. The fourth-order valence-corrected chi connectivity index (χ4v) is 2.38. The molecular formula is C14H21N2O6P. The predicted molar refractivity (Wildman–Crippen MR) is 83.1 cm³/mol. The summed E-state index contributed by atoms with van der Waals surface area (Å²) in [6.45, 7) is 8.43. The Morgan fingerprint density at radius 3 is 2.48 bits per heavy atom. The second-order valence-electron chi connectivity index (χ2n) is 6.86. The molecule has 0 radical (unpaired) electrons. The van der Waals surface area contributed by atoms with Crippen molar-refractivity contribution in [2.75, 3.05) is 11.6 Å². The van der Waals surface area contributed by atoms with E-state index in [1.807, 2.05) is 20.8 Å². The standard InChI is InChI=1S/C14H21N2O6P/c1-13(2,3)10-7-6-9-11(15-10)16(8-21-23(18,19)20)12(17)14(4,5)22-9/h6-7H,8H2,1-5H3,(H2,18,19,20). The smallest absolute Gasteiger partial charge is 0.471 e. The van der Waals surface area contributed by atoms with Crippen LogP contribution in [0.1, 0.15) is 40.3 Å². The maximum atomic E-state index is 12.5. The van der Waals surface area contributed by atoms with Crippen LogP contribution in [0.3, 0.4) is 0 Å². The van der Waals surface area contributed by atoms with Crippen molar-refractivity contribution in [1.82, 2.24) is 4.98 Å². The Labute approximate surface area is 134 Å². The predicted octanol–water partition coefficient (Wildman–Crippen LogP) is 1.95. The molecule has 0 aromatic carbocycles. The number of carbonyl (C=O) groups excluding carboxylic acids is 1. The number of carbonyl (C=O) groups is 1. The van der Waals surface area contributed by atoms with Crippen LogP contribution in [0.5, 0.6) is 5.75 Å². The third-order valence-electron chi connectivity index (χ3n) is 3.34. The second kappa shape index (κ2) is 5.56. The normalized spacial score (nSPS) is 17.7. The van der Waals surface area contributed by atoms with E-state index < -0.39 is 26.1 Å². The van der Waals surface area contributed by atoms with E-state index in [4.69, 9.17) is 14.5 Å². The van der Waals surface area contributed by atoms with Crippen LogP contribution in [-0.2, 0) is 19.3 Å². The van der Waals surface area contributed by atoms with Gasteiger partial charge in [0.2, 0.25) is 0 Å². The van der Waals surface area contributed by atoms with Gasteiger partial charge in [0.05, 0.1) is 0 Å². The number of fused-ring (bicyclic) bond motifs is 1. The van der Waals surface area contributed by atoms with Gasteiger partial charge in [0.15, 0.2) is 17.2 Å². The minimum atomic E-state index is -4.72. The van der Waals surface area contributed by atoms with Gasteiger partial charge >= 0.3 is 7.82 Å². The molecule has 1 aromatic rings. The van der Waals surface area contributed by atoms with Crippen molar-refractivity contribution in [2.24, 2.45) is 0 Å². The molecule has 0 saturated carbocycles. The SMILES string of the molecule is CC1(C)Oc2ccc(C(C)(C)C)nc2N(COP(=O)(O)O)C1=O. The molecule has 1 aliphatic heterocycles. The molecule has 2 heterocycles. The molecule has 0 fully saturated rings. The van der Waals surface area contributed by atoms with E-state index in [2.05, 4.69) is 9.51 Å². The number of anilines is 1. The summed E-state index contributed by atoms with van der Waals surface area (Å²) in [5.74, 6) is 0.0594. The first-order chi connectivity index (χ1) is 10.3. The minimum absolute atomic E-state index is 0.190. The Balaban J connectivity index is 2.48. The van der Waals surface area contributed by atoms with Gasteiger partial charge < -0.3 is 14.5 Å². The highest BCUT2D eigenvalue weighted by Gasteiger charge is 2.43. The van der Waals surface area contributed by atoms with Gasteiger partial charge in [0.1, 0.15) is 6.73 Å². The fraction of sp³-hybridized carbons (Fsp3) is 0.571. The number of phosphoric ester groups is 1. The van der Waals surface area contributed by atoms with Crippen LogP contribution in [-0.4, -0.2) is 33.0 Å². The van der Waals surface area contributed by atoms with Crippen LogP contribution in [0.2, 0.25) is 0 Å². The number of amides is 1. The van der Waals surface area contributed by atoms with Gasteiger partial charge in [-0.05, 0) is 26.0 Å². The number of aromatic nitrogens is 1. The first-order valence-corrected chi connectivity index (χ1v) is 8.57. The first kappa shape index (κ1) is 17.9. The molecule has 0 bridgehead atoms. The molecule has 2 N–H and O–H groups in total. The second-order valence-corrected chi connectivity index (χ2v) is 8.10. The lowest BCUT2D eigenvalue weighted by Crippen LogP contribution is -2.53. The molecular weight excluding hydrogens is 323 g/mol. The largest absolute Gasteiger partial charge is 0.474 e. The number of hydrogen-bond acceptors (Lipinski definition) is 5. The summed E-state index contributed by atoms with van der Waals surface area (Å²) >= 11 is 0. The van der Waals surface area contributed by atoms with Gasteiger partial charge in [-0.3, -0.25) is 14.2 Å². The van der Waals surface area contributed by atoms with E-state index in [1.54, 1.807) is 26.0 Å². The van der Waals surface area contributed by atoms with Crippen LogP contribution >= 0.6 is 7.82 Å². The first-order valence-electron chi connectivity index (χ1n) is 7.04. The van der Waals surface area contributed by atoms with Crippen molar-refractivity contribution in [3.63, 3.8) is 0 Å². The van der Waals surface area contributed by atoms with Crippen molar-refractivity contribution in [1.29, 1.82) is 0 Å². The molecule has 0 atom stereocenters. The summed E-state index contributed by atoms with van der Waals surface area (Å²) < 4.78 is 21.1. The molecule has 2 rings (SSSR count). The van der Waals surface area contributed by atoms with E-state index in [9.17, 15) is 9.36 Å². The molecule has 8 nitrogen and oxygen atoms in total. The van der Waals surface area contributed by atoms with Gasteiger partial charge in [0.25, 0.3) is 5.91 Å². The summed E-state index contributed by atoms with van der Waals surface area (Å²) in [7, 11) is -4.72. The molecule has 0 saturated heterocycles. The Morgan fingerprint density at radius 1 is 1.35 bits per heavy atom. The van der Waals surface area contributed by atoms with E-state index in [-0.39, 0.29) is 11.2 Å². The van der Waals surface area contributed by atoms with Crippen molar-refractivity contribution in [3.8, 4) is 5.75 Å². The van der Waals surface area contributed by atoms with Gasteiger partial charge in [-0.2, -0.15) is 0 Å². The van der Waals surface area contributed by atoms with E-state index in [0.29, 0.717) is 11.4 Å². The lowest BCUT2D eigenvalue weighted by Gasteiger charge is -2.38. The number of nitrogens with zero attached hydrogens (tertiary/aromatic N) is 2. The maximum absolute atomic E-state index is 12.5. The Kier molecular flexibility index (Phi) is 4.32. The van der Waals surface area contributed by atoms with Gasteiger partial charge in [-0.15, -0.1) is 0 Å². The molecule has 1 amide bonds. The van der Waals surface area contributed by atoms with Crippen molar-refractivity contribution in [2.45, 2.75) is 45.6 Å². The fourth-order valence-electron chi connectivity index (χ4n) is 2.12. The zero-order chi connectivity index (χ0) is 17.6. The lowest BCUT2D eigenvalue weighted by atomic mass is 9.91. The highest BCUT2D eigenvalue weighted by atomic mass is 31.2. The Bertz CT molecular complexity index is 676. The highest BCUT2D eigenvalue weighted by Crippen LogP contribution is 2.41. The van der Waals surface area contributed by atoms with Crippen LogP contribution < -0.4 is 9.64 Å². The maximum Gasteiger partial charge on any atom is 0.471 e. The van der Waals surface area contributed by atoms with Crippen LogP contribution in [0.25, 0.3) is 0 Å². The third kappa shape index (κ3) is 3.90. The number of rotatable bonds is 3. The number of pyridine rings is 1. The van der Waals surface area contributed by atoms with E-state index in [1.165, 1.54) is 0 Å². The van der Waals surface area contributed by atoms with Crippen LogP contribution in [0, 0.1) is 0 Å². The summed E-state index contributed by atoms with van der Waals surface area (Å²) in [6, 6.07) is 3.49. The zero-order valence-corrected chi connectivity index (χ0v) is 14.6. The van der Waals surface area contributed by atoms with Gasteiger partial charge in [-0.25, -0.2) is 9.55 Å². The molecule has 128 valence electrons. The van der Waals surface area contributed by atoms with Crippen molar-refractivity contribution < 1.29 is 28.4 Å². The summed E-state index contributed by atoms with van der Waals surface area (Å²) in [4.78, 5) is 35.8. The monoisotopic (exact) mass is 344 g/mol.